The largest absolute Gasteiger partial charge is 0.418 e. The van der Waals surface area contributed by atoms with Crippen molar-refractivity contribution < 1.29 is 22.0 Å². The molecule has 19 heavy (non-hydrogen) atoms. The molecular formula is C12H7F5N2. The molecule has 0 bridgehead atoms. The van der Waals surface area contributed by atoms with Gasteiger partial charge in [0.15, 0.2) is 11.6 Å². The van der Waals surface area contributed by atoms with Crippen LogP contribution in [-0.2, 0) is 6.18 Å². The number of rotatable bonds is 1. The van der Waals surface area contributed by atoms with Gasteiger partial charge < -0.3 is 5.73 Å². The van der Waals surface area contributed by atoms with Crippen LogP contribution in [-0.4, -0.2) is 4.98 Å². The number of nitrogens with zero attached hydrogens (tertiary/aromatic N) is 1. The van der Waals surface area contributed by atoms with E-state index in [1.807, 2.05) is 0 Å². The minimum Gasteiger partial charge on any atom is -0.384 e. The summed E-state index contributed by atoms with van der Waals surface area (Å²) >= 11 is 0. The van der Waals surface area contributed by atoms with Crippen molar-refractivity contribution in [3.8, 4) is 11.1 Å². The number of nitrogens with two attached hydrogens (primary N) is 1. The van der Waals surface area contributed by atoms with E-state index in [0.29, 0.717) is 6.20 Å². The van der Waals surface area contributed by atoms with E-state index >= 15 is 0 Å². The van der Waals surface area contributed by atoms with Gasteiger partial charge in [-0.25, -0.2) is 13.8 Å². The second-order valence-electron chi connectivity index (χ2n) is 3.75. The van der Waals surface area contributed by atoms with Gasteiger partial charge in [0, 0.05) is 17.3 Å². The van der Waals surface area contributed by atoms with Gasteiger partial charge in [0.1, 0.15) is 5.82 Å². The predicted octanol–water partition coefficient (Wildman–Crippen LogP) is 3.63. The SMILES string of the molecule is Nc1cc(-c2cccc(F)c2F)c(C(F)(F)F)cn1. The Morgan fingerprint density at radius 3 is 2.37 bits per heavy atom. The molecule has 0 amide bonds. The maximum absolute atomic E-state index is 13.6. The van der Waals surface area contributed by atoms with Gasteiger partial charge in [-0.15, -0.1) is 0 Å². The third kappa shape index (κ3) is 2.49. The van der Waals surface area contributed by atoms with E-state index in [4.69, 9.17) is 5.73 Å². The summed E-state index contributed by atoms with van der Waals surface area (Å²) < 4.78 is 65.1. The molecule has 0 radical (unpaired) electrons. The van der Waals surface area contributed by atoms with E-state index in [2.05, 4.69) is 4.98 Å². The lowest BCUT2D eigenvalue weighted by atomic mass is 10.0. The normalized spacial score (nSPS) is 11.6. The minimum atomic E-state index is -4.74. The summed E-state index contributed by atoms with van der Waals surface area (Å²) in [7, 11) is 0. The van der Waals surface area contributed by atoms with E-state index in [-0.39, 0.29) is 5.82 Å². The quantitative estimate of drug-likeness (QED) is 0.806. The second-order valence-corrected chi connectivity index (χ2v) is 3.75. The highest BCUT2D eigenvalue weighted by molar-refractivity contribution is 5.70. The minimum absolute atomic E-state index is 0.216. The zero-order valence-corrected chi connectivity index (χ0v) is 9.30. The summed E-state index contributed by atoms with van der Waals surface area (Å²) in [6.45, 7) is 0. The average Bonchev–Trinajstić information content (AvgIpc) is 2.31. The molecule has 1 aromatic carbocycles. The molecule has 0 unspecified atom stereocenters. The van der Waals surface area contributed by atoms with Crippen LogP contribution in [0.3, 0.4) is 0 Å². The molecule has 7 heteroatoms. The number of alkyl halides is 3. The van der Waals surface area contributed by atoms with Crippen LogP contribution in [0.25, 0.3) is 11.1 Å². The number of hydrogen-bond acceptors (Lipinski definition) is 2. The highest BCUT2D eigenvalue weighted by Gasteiger charge is 2.35. The zero-order chi connectivity index (χ0) is 14.2. The van der Waals surface area contributed by atoms with Gasteiger partial charge in [-0.2, -0.15) is 13.2 Å². The molecule has 0 fully saturated rings. The Kier molecular flexibility index (Phi) is 3.13. The van der Waals surface area contributed by atoms with Gasteiger partial charge in [-0.1, -0.05) is 12.1 Å². The van der Waals surface area contributed by atoms with Crippen LogP contribution in [0.2, 0.25) is 0 Å². The highest BCUT2D eigenvalue weighted by atomic mass is 19.4. The van der Waals surface area contributed by atoms with Crippen molar-refractivity contribution in [3.05, 3.63) is 47.7 Å². The van der Waals surface area contributed by atoms with Crippen molar-refractivity contribution in [1.29, 1.82) is 0 Å². The Bertz CT molecular complexity index is 622. The van der Waals surface area contributed by atoms with Gasteiger partial charge in [-0.05, 0) is 12.1 Å². The van der Waals surface area contributed by atoms with Crippen LogP contribution in [0, 0.1) is 11.6 Å². The Morgan fingerprint density at radius 2 is 1.74 bits per heavy atom. The maximum atomic E-state index is 13.6. The fraction of sp³-hybridized carbons (Fsp3) is 0.0833. The third-order valence-electron chi connectivity index (χ3n) is 2.47. The van der Waals surface area contributed by atoms with Crippen molar-refractivity contribution >= 4 is 5.82 Å². The molecule has 2 nitrogen and oxygen atoms in total. The molecule has 0 saturated heterocycles. The molecule has 100 valence electrons. The zero-order valence-electron chi connectivity index (χ0n) is 9.30. The van der Waals surface area contributed by atoms with Crippen molar-refractivity contribution in [2.75, 3.05) is 5.73 Å². The molecule has 2 N–H and O–H groups in total. The van der Waals surface area contributed by atoms with Crippen molar-refractivity contribution in [1.82, 2.24) is 4.98 Å². The van der Waals surface area contributed by atoms with Crippen LogP contribution in [0.15, 0.2) is 30.5 Å². The molecule has 0 aliphatic rings. The Morgan fingerprint density at radius 1 is 1.05 bits per heavy atom. The number of halogens is 5. The molecule has 1 heterocycles. The van der Waals surface area contributed by atoms with E-state index < -0.39 is 34.5 Å². The molecule has 0 aliphatic carbocycles. The maximum Gasteiger partial charge on any atom is 0.418 e. The molecular weight excluding hydrogens is 267 g/mol. The van der Waals surface area contributed by atoms with Crippen LogP contribution in [0.5, 0.6) is 0 Å². The molecule has 2 rings (SSSR count). The molecule has 0 saturated carbocycles. The molecule has 0 aliphatic heterocycles. The van der Waals surface area contributed by atoms with E-state index in [0.717, 1.165) is 24.3 Å². The Balaban J connectivity index is 2.74. The van der Waals surface area contributed by atoms with Gasteiger partial charge in [0.05, 0.1) is 5.56 Å². The number of benzene rings is 1. The lowest BCUT2D eigenvalue weighted by Crippen LogP contribution is -2.09. The lowest BCUT2D eigenvalue weighted by Gasteiger charge is -2.13. The first-order chi connectivity index (χ1) is 8.80. The number of anilines is 1. The van der Waals surface area contributed by atoms with E-state index in [1.54, 1.807) is 0 Å². The average molecular weight is 274 g/mol. The van der Waals surface area contributed by atoms with E-state index in [1.165, 1.54) is 0 Å². The first-order valence-corrected chi connectivity index (χ1v) is 5.08. The van der Waals surface area contributed by atoms with Crippen LogP contribution < -0.4 is 5.73 Å². The summed E-state index contributed by atoms with van der Waals surface area (Å²) in [6, 6.07) is 3.84. The number of aromatic nitrogens is 1. The van der Waals surface area contributed by atoms with Crippen molar-refractivity contribution in [3.63, 3.8) is 0 Å². The number of hydrogen-bond donors (Lipinski definition) is 1. The van der Waals surface area contributed by atoms with Gasteiger partial charge in [-0.3, -0.25) is 0 Å². The van der Waals surface area contributed by atoms with Crippen LogP contribution in [0.1, 0.15) is 5.56 Å². The molecule has 0 spiro atoms. The predicted molar refractivity (Wildman–Crippen MR) is 59.0 cm³/mol. The van der Waals surface area contributed by atoms with Crippen LogP contribution in [0.4, 0.5) is 27.8 Å². The van der Waals surface area contributed by atoms with Crippen LogP contribution >= 0.6 is 0 Å². The molecule has 2 aromatic rings. The second kappa shape index (κ2) is 4.49. The summed E-state index contributed by atoms with van der Waals surface area (Å²) in [5.74, 6) is -2.81. The standard InChI is InChI=1S/C12H7F5N2/c13-9-3-1-2-6(11(9)14)7-4-10(18)19-5-8(7)12(15,16)17/h1-5H,(H2,18,19). The highest BCUT2D eigenvalue weighted by Crippen LogP contribution is 2.38. The summed E-state index contributed by atoms with van der Waals surface area (Å²) in [5.41, 5.74) is 3.07. The summed E-state index contributed by atoms with van der Waals surface area (Å²) in [6.07, 6.45) is -4.25. The number of pyridine rings is 1. The van der Waals surface area contributed by atoms with Crippen molar-refractivity contribution in [2.45, 2.75) is 6.18 Å². The van der Waals surface area contributed by atoms with Crippen molar-refractivity contribution in [2.24, 2.45) is 0 Å². The smallest absolute Gasteiger partial charge is 0.384 e. The van der Waals surface area contributed by atoms with Gasteiger partial charge in [0.25, 0.3) is 0 Å². The van der Waals surface area contributed by atoms with Gasteiger partial charge >= 0.3 is 6.18 Å². The molecule has 1 aromatic heterocycles. The first kappa shape index (κ1) is 13.3. The molecule has 0 atom stereocenters. The fourth-order valence-corrected chi connectivity index (χ4v) is 1.63. The Labute approximate surface area is 104 Å². The lowest BCUT2D eigenvalue weighted by molar-refractivity contribution is -0.137. The van der Waals surface area contributed by atoms with Gasteiger partial charge in [0.2, 0.25) is 0 Å². The number of nitrogen functional groups attached to an aromatic ring is 1. The summed E-state index contributed by atoms with van der Waals surface area (Å²) in [4.78, 5) is 3.33. The third-order valence-corrected chi connectivity index (χ3v) is 2.47. The fourth-order valence-electron chi connectivity index (χ4n) is 1.63. The monoisotopic (exact) mass is 274 g/mol. The van der Waals surface area contributed by atoms with E-state index in [9.17, 15) is 22.0 Å². The Hall–Kier alpha value is -2.18. The summed E-state index contributed by atoms with van der Waals surface area (Å²) in [5, 5.41) is 0. The topological polar surface area (TPSA) is 38.9 Å². The first-order valence-electron chi connectivity index (χ1n) is 5.08.